The van der Waals surface area contributed by atoms with Crippen molar-refractivity contribution in [3.63, 3.8) is 0 Å². The van der Waals surface area contributed by atoms with E-state index in [0.717, 1.165) is 24.7 Å². The Bertz CT molecular complexity index is 370. The quantitative estimate of drug-likeness (QED) is 0.889. The van der Waals surface area contributed by atoms with Crippen LogP contribution in [0.2, 0.25) is 5.02 Å². The van der Waals surface area contributed by atoms with Crippen molar-refractivity contribution in [1.82, 2.24) is 5.32 Å². The van der Waals surface area contributed by atoms with Gasteiger partial charge in [-0.25, -0.2) is 0 Å². The van der Waals surface area contributed by atoms with Gasteiger partial charge in [0.15, 0.2) is 0 Å². The summed E-state index contributed by atoms with van der Waals surface area (Å²) in [6.07, 6.45) is 2.41. The molecular weight excluding hydrogens is 232 g/mol. The fraction of sp³-hybridized carbons (Fsp3) is 0.571. The highest BCUT2D eigenvalue weighted by Gasteiger charge is 2.19. The molecule has 0 unspecified atom stereocenters. The third-order valence-corrected chi connectivity index (χ3v) is 3.75. The van der Waals surface area contributed by atoms with E-state index in [2.05, 4.69) is 36.2 Å². The van der Waals surface area contributed by atoms with Crippen LogP contribution in [0.5, 0.6) is 0 Å². The summed E-state index contributed by atoms with van der Waals surface area (Å²) in [6, 6.07) is 6.94. The molecule has 0 spiro atoms. The van der Waals surface area contributed by atoms with Crippen LogP contribution < -0.4 is 10.2 Å². The molecule has 0 aromatic heterocycles. The average Bonchev–Trinajstić information content (AvgIpc) is 2.34. The lowest BCUT2D eigenvalue weighted by atomic mass is 10.0. The van der Waals surface area contributed by atoms with Gasteiger partial charge in [0.2, 0.25) is 0 Å². The van der Waals surface area contributed by atoms with E-state index < -0.39 is 0 Å². The van der Waals surface area contributed by atoms with E-state index in [4.69, 9.17) is 11.6 Å². The summed E-state index contributed by atoms with van der Waals surface area (Å²) in [5.74, 6) is 0. The van der Waals surface area contributed by atoms with Crippen LogP contribution in [0.25, 0.3) is 0 Å². The predicted molar refractivity (Wildman–Crippen MR) is 75.1 cm³/mol. The minimum absolute atomic E-state index is 0.680. The van der Waals surface area contributed by atoms with Crippen LogP contribution >= 0.6 is 11.6 Å². The van der Waals surface area contributed by atoms with Gasteiger partial charge in [-0.15, -0.1) is 0 Å². The summed E-state index contributed by atoms with van der Waals surface area (Å²) >= 11 is 6.27. The highest BCUT2D eigenvalue weighted by Crippen LogP contribution is 2.29. The highest BCUT2D eigenvalue weighted by molar-refractivity contribution is 6.33. The predicted octanol–water partition coefficient (Wildman–Crippen LogP) is 3.23. The van der Waals surface area contributed by atoms with E-state index in [9.17, 15) is 0 Å². The molecule has 2 nitrogen and oxygen atoms in total. The molecule has 3 heteroatoms. The molecule has 1 aliphatic rings. The van der Waals surface area contributed by atoms with Gasteiger partial charge >= 0.3 is 0 Å². The van der Waals surface area contributed by atoms with E-state index in [1.165, 1.54) is 24.1 Å². The summed E-state index contributed by atoms with van der Waals surface area (Å²) in [7, 11) is 0. The van der Waals surface area contributed by atoms with Crippen molar-refractivity contribution in [1.29, 1.82) is 0 Å². The van der Waals surface area contributed by atoms with Crippen LogP contribution in [0, 0.1) is 6.92 Å². The first-order valence-electron chi connectivity index (χ1n) is 6.45. The zero-order valence-corrected chi connectivity index (χ0v) is 11.4. The van der Waals surface area contributed by atoms with Crippen molar-refractivity contribution in [2.24, 2.45) is 0 Å². The van der Waals surface area contributed by atoms with Crippen molar-refractivity contribution in [2.45, 2.75) is 32.7 Å². The Kier molecular flexibility index (Phi) is 4.30. The third-order valence-electron chi connectivity index (χ3n) is 3.43. The maximum absolute atomic E-state index is 6.27. The molecule has 0 radical (unpaired) electrons. The molecule has 1 aromatic rings. The van der Waals surface area contributed by atoms with E-state index >= 15 is 0 Å². The van der Waals surface area contributed by atoms with Gasteiger partial charge in [-0.3, -0.25) is 0 Å². The van der Waals surface area contributed by atoms with Crippen LogP contribution in [0.4, 0.5) is 5.69 Å². The van der Waals surface area contributed by atoms with Crippen LogP contribution in [0.3, 0.4) is 0 Å². The molecule has 1 fully saturated rings. The van der Waals surface area contributed by atoms with Crippen molar-refractivity contribution in [3.8, 4) is 0 Å². The van der Waals surface area contributed by atoms with Crippen molar-refractivity contribution >= 4 is 17.3 Å². The second-order valence-corrected chi connectivity index (χ2v) is 5.18. The van der Waals surface area contributed by atoms with E-state index in [-0.39, 0.29) is 0 Å². The van der Waals surface area contributed by atoms with Gasteiger partial charge in [0.25, 0.3) is 0 Å². The molecule has 94 valence electrons. The van der Waals surface area contributed by atoms with Gasteiger partial charge in [-0.1, -0.05) is 24.6 Å². The molecule has 1 N–H and O–H groups in total. The molecule has 17 heavy (non-hydrogen) atoms. The fourth-order valence-corrected chi connectivity index (χ4v) is 2.72. The first-order chi connectivity index (χ1) is 8.20. The fourth-order valence-electron chi connectivity index (χ4n) is 2.48. The summed E-state index contributed by atoms with van der Waals surface area (Å²) < 4.78 is 0. The molecule has 0 amide bonds. The Balaban J connectivity index is 2.02. The lowest BCUT2D eigenvalue weighted by Crippen LogP contribution is -2.42. The lowest BCUT2D eigenvalue weighted by Gasteiger charge is -2.34. The Labute approximate surface area is 109 Å². The van der Waals surface area contributed by atoms with Crippen LogP contribution in [0.15, 0.2) is 18.2 Å². The number of piperidine rings is 1. The number of halogens is 1. The molecule has 0 saturated carbocycles. The van der Waals surface area contributed by atoms with Crippen LogP contribution in [-0.2, 0) is 0 Å². The monoisotopic (exact) mass is 252 g/mol. The number of hydrogen-bond donors (Lipinski definition) is 1. The number of nitrogens with zero attached hydrogens (tertiary/aromatic N) is 1. The minimum Gasteiger partial charge on any atom is -0.370 e. The SMILES string of the molecule is CCNC1CCN(c2cc(C)ccc2Cl)CC1. The van der Waals surface area contributed by atoms with Gasteiger partial charge in [-0.05, 0) is 44.0 Å². The Morgan fingerprint density at radius 2 is 2.06 bits per heavy atom. The summed E-state index contributed by atoms with van der Waals surface area (Å²) in [5, 5.41) is 4.40. The number of rotatable bonds is 3. The molecule has 1 aliphatic heterocycles. The lowest BCUT2D eigenvalue weighted by molar-refractivity contribution is 0.424. The number of anilines is 1. The maximum atomic E-state index is 6.27. The normalized spacial score (nSPS) is 17.5. The third kappa shape index (κ3) is 3.14. The number of benzene rings is 1. The molecule has 1 heterocycles. The van der Waals surface area contributed by atoms with Gasteiger partial charge in [0.05, 0.1) is 10.7 Å². The Morgan fingerprint density at radius 3 is 2.71 bits per heavy atom. The summed E-state index contributed by atoms with van der Waals surface area (Å²) in [6.45, 7) is 7.55. The zero-order valence-electron chi connectivity index (χ0n) is 10.7. The molecule has 2 rings (SSSR count). The van der Waals surface area contributed by atoms with Crippen LogP contribution in [-0.4, -0.2) is 25.7 Å². The minimum atomic E-state index is 0.680. The molecule has 0 atom stereocenters. The Hall–Kier alpha value is -0.730. The molecule has 0 bridgehead atoms. The zero-order chi connectivity index (χ0) is 12.3. The average molecular weight is 253 g/mol. The first-order valence-corrected chi connectivity index (χ1v) is 6.83. The second kappa shape index (κ2) is 5.74. The molecule has 0 aliphatic carbocycles. The van der Waals surface area contributed by atoms with Crippen LogP contribution in [0.1, 0.15) is 25.3 Å². The largest absolute Gasteiger partial charge is 0.370 e. The summed E-state index contributed by atoms with van der Waals surface area (Å²) in [5.41, 5.74) is 2.47. The molecule has 1 aromatic carbocycles. The van der Waals surface area contributed by atoms with E-state index in [1.54, 1.807) is 0 Å². The highest BCUT2D eigenvalue weighted by atomic mass is 35.5. The van der Waals surface area contributed by atoms with Gasteiger partial charge in [0.1, 0.15) is 0 Å². The van der Waals surface area contributed by atoms with E-state index in [0.29, 0.717) is 6.04 Å². The first kappa shape index (κ1) is 12.7. The van der Waals surface area contributed by atoms with Crippen molar-refractivity contribution in [2.75, 3.05) is 24.5 Å². The maximum Gasteiger partial charge on any atom is 0.0639 e. The standard InChI is InChI=1S/C14H21ClN2/c1-3-16-12-6-8-17(9-7-12)14-10-11(2)4-5-13(14)15/h4-5,10,12,16H,3,6-9H2,1-2H3. The van der Waals surface area contributed by atoms with Gasteiger partial charge in [0, 0.05) is 19.1 Å². The topological polar surface area (TPSA) is 15.3 Å². The molecular formula is C14H21ClN2. The number of nitrogens with one attached hydrogen (secondary N) is 1. The van der Waals surface area contributed by atoms with E-state index in [1.807, 2.05) is 6.07 Å². The van der Waals surface area contributed by atoms with Crippen molar-refractivity contribution < 1.29 is 0 Å². The molecule has 1 saturated heterocycles. The smallest absolute Gasteiger partial charge is 0.0639 e. The Morgan fingerprint density at radius 1 is 1.35 bits per heavy atom. The van der Waals surface area contributed by atoms with Crippen molar-refractivity contribution in [3.05, 3.63) is 28.8 Å². The number of hydrogen-bond acceptors (Lipinski definition) is 2. The number of aryl methyl sites for hydroxylation is 1. The van der Waals surface area contributed by atoms with Gasteiger partial charge < -0.3 is 10.2 Å². The summed E-state index contributed by atoms with van der Waals surface area (Å²) in [4.78, 5) is 2.41. The van der Waals surface area contributed by atoms with Gasteiger partial charge in [-0.2, -0.15) is 0 Å². The second-order valence-electron chi connectivity index (χ2n) is 4.77.